The van der Waals surface area contributed by atoms with Crippen LogP contribution in [0.3, 0.4) is 0 Å². The summed E-state index contributed by atoms with van der Waals surface area (Å²) in [6, 6.07) is -1.05. The van der Waals surface area contributed by atoms with Crippen molar-refractivity contribution in [1.29, 1.82) is 0 Å². The average molecular weight is 86.1 g/mol. The lowest BCUT2D eigenvalue weighted by Gasteiger charge is -1.78. The van der Waals surface area contributed by atoms with E-state index >= 15 is 0 Å². The molecular weight excluding hydrogens is 82.0 g/mol. The number of aldehydes is 1. The van der Waals surface area contributed by atoms with Crippen LogP contribution in [0.2, 0.25) is 0 Å². The SMILES string of the molecule is NC([C]=O)C=O. The molecule has 0 aromatic rings. The molecule has 0 amide bonds. The molecule has 1 unspecified atom stereocenters. The summed E-state index contributed by atoms with van der Waals surface area (Å²) in [5, 5.41) is 0. The molecule has 0 aliphatic rings. The van der Waals surface area contributed by atoms with Crippen LogP contribution in [-0.2, 0) is 9.59 Å². The van der Waals surface area contributed by atoms with Crippen LogP contribution in [0, 0.1) is 0 Å². The highest BCUT2D eigenvalue weighted by molar-refractivity contribution is 5.81. The minimum absolute atomic E-state index is 0.326. The number of nitrogens with two attached hydrogens (primary N) is 1. The maximum Gasteiger partial charge on any atom is 0.224 e. The highest BCUT2D eigenvalue weighted by Crippen LogP contribution is 1.52. The fourth-order valence-corrected chi connectivity index (χ4v) is 0.0278. The second-order valence-corrected chi connectivity index (χ2v) is 0.780. The van der Waals surface area contributed by atoms with Crippen LogP contribution in [0.4, 0.5) is 0 Å². The Balaban J connectivity index is 3.21. The van der Waals surface area contributed by atoms with Gasteiger partial charge in [-0.3, -0.25) is 4.79 Å². The monoisotopic (exact) mass is 86.0 g/mol. The molecule has 2 N–H and O–H groups in total. The van der Waals surface area contributed by atoms with Crippen LogP contribution in [0.15, 0.2) is 0 Å². The Morgan fingerprint density at radius 3 is 2.33 bits per heavy atom. The predicted octanol–water partition coefficient (Wildman–Crippen LogP) is -1.38. The van der Waals surface area contributed by atoms with Gasteiger partial charge in [-0.1, -0.05) is 0 Å². The van der Waals surface area contributed by atoms with E-state index in [1.165, 1.54) is 6.29 Å². The fourth-order valence-electron chi connectivity index (χ4n) is 0.0278. The smallest absolute Gasteiger partial charge is 0.224 e. The highest BCUT2D eigenvalue weighted by atomic mass is 16.1. The van der Waals surface area contributed by atoms with Crippen molar-refractivity contribution >= 4 is 12.6 Å². The number of rotatable bonds is 2. The zero-order valence-electron chi connectivity index (χ0n) is 3.05. The highest BCUT2D eigenvalue weighted by Gasteiger charge is 1.91. The van der Waals surface area contributed by atoms with Crippen LogP contribution < -0.4 is 5.73 Å². The number of hydrogen-bond acceptors (Lipinski definition) is 3. The topological polar surface area (TPSA) is 60.2 Å². The molecule has 1 atom stereocenters. The van der Waals surface area contributed by atoms with Crippen molar-refractivity contribution in [3.8, 4) is 0 Å². The molecule has 0 spiro atoms. The van der Waals surface area contributed by atoms with Gasteiger partial charge < -0.3 is 10.5 Å². The average Bonchev–Trinajstić information content (AvgIpc) is 1.65. The summed E-state index contributed by atoms with van der Waals surface area (Å²) in [4.78, 5) is 18.6. The van der Waals surface area contributed by atoms with Gasteiger partial charge in [-0.05, 0) is 0 Å². The van der Waals surface area contributed by atoms with E-state index in [0.29, 0.717) is 6.29 Å². The number of carbonyl (C=O) groups excluding carboxylic acids is 2. The van der Waals surface area contributed by atoms with Crippen molar-refractivity contribution in [2.45, 2.75) is 6.04 Å². The number of hydrogen-bond donors (Lipinski definition) is 1. The molecule has 0 heterocycles. The first-order valence-corrected chi connectivity index (χ1v) is 1.40. The van der Waals surface area contributed by atoms with Crippen molar-refractivity contribution in [2.75, 3.05) is 0 Å². The van der Waals surface area contributed by atoms with Gasteiger partial charge in [0.05, 0.1) is 0 Å². The molecule has 3 nitrogen and oxygen atoms in total. The van der Waals surface area contributed by atoms with E-state index in [0.717, 1.165) is 0 Å². The second kappa shape index (κ2) is 2.53. The molecule has 33 valence electrons. The molecule has 0 aliphatic carbocycles. The lowest BCUT2D eigenvalue weighted by molar-refractivity contribution is -0.107. The van der Waals surface area contributed by atoms with Crippen LogP contribution in [0.25, 0.3) is 0 Å². The summed E-state index contributed by atoms with van der Waals surface area (Å²) >= 11 is 0. The molecule has 6 heavy (non-hydrogen) atoms. The van der Waals surface area contributed by atoms with Gasteiger partial charge in [0.25, 0.3) is 0 Å². The van der Waals surface area contributed by atoms with Gasteiger partial charge in [-0.15, -0.1) is 0 Å². The Labute approximate surface area is 35.1 Å². The molecule has 0 aromatic carbocycles. The van der Waals surface area contributed by atoms with E-state index < -0.39 is 6.04 Å². The Hall–Kier alpha value is -0.700. The van der Waals surface area contributed by atoms with Crippen LogP contribution in [0.1, 0.15) is 0 Å². The lowest BCUT2D eigenvalue weighted by atomic mass is 10.4. The molecule has 0 fully saturated rings. The van der Waals surface area contributed by atoms with Gasteiger partial charge >= 0.3 is 0 Å². The van der Waals surface area contributed by atoms with Crippen LogP contribution in [-0.4, -0.2) is 18.6 Å². The van der Waals surface area contributed by atoms with Gasteiger partial charge in [0.1, 0.15) is 12.3 Å². The third-order valence-electron chi connectivity index (χ3n) is 0.283. The number of carbonyl (C=O) groups is 1. The Morgan fingerprint density at radius 1 is 1.83 bits per heavy atom. The van der Waals surface area contributed by atoms with Crippen molar-refractivity contribution in [3.05, 3.63) is 0 Å². The van der Waals surface area contributed by atoms with Crippen LogP contribution >= 0.6 is 0 Å². The predicted molar refractivity (Wildman–Crippen MR) is 19.7 cm³/mol. The Morgan fingerprint density at radius 2 is 2.33 bits per heavy atom. The zero-order valence-corrected chi connectivity index (χ0v) is 3.05. The fraction of sp³-hybridized carbons (Fsp3) is 0.333. The van der Waals surface area contributed by atoms with Crippen molar-refractivity contribution in [1.82, 2.24) is 0 Å². The van der Waals surface area contributed by atoms with E-state index in [1.54, 1.807) is 0 Å². The molecule has 1 radical (unpaired) electrons. The summed E-state index contributed by atoms with van der Waals surface area (Å²) in [5.41, 5.74) is 4.68. The molecule has 3 heteroatoms. The first-order chi connectivity index (χ1) is 2.81. The molecule has 0 saturated carbocycles. The van der Waals surface area contributed by atoms with Gasteiger partial charge in [0, 0.05) is 0 Å². The summed E-state index contributed by atoms with van der Waals surface area (Å²) in [5.74, 6) is 0. The minimum atomic E-state index is -1.05. The molecule has 0 saturated heterocycles. The molecule has 0 rings (SSSR count). The van der Waals surface area contributed by atoms with Gasteiger partial charge in [-0.25, -0.2) is 0 Å². The largest absolute Gasteiger partial charge is 0.315 e. The summed E-state index contributed by atoms with van der Waals surface area (Å²) in [6.45, 7) is 0. The van der Waals surface area contributed by atoms with Gasteiger partial charge in [-0.2, -0.15) is 0 Å². The molecule has 0 aromatic heterocycles. The third kappa shape index (κ3) is 1.60. The zero-order chi connectivity index (χ0) is 4.99. The second-order valence-electron chi connectivity index (χ2n) is 0.780. The van der Waals surface area contributed by atoms with Crippen molar-refractivity contribution in [3.63, 3.8) is 0 Å². The van der Waals surface area contributed by atoms with E-state index in [9.17, 15) is 9.59 Å². The Kier molecular flexibility index (Phi) is 2.24. The van der Waals surface area contributed by atoms with Gasteiger partial charge in [0.2, 0.25) is 6.29 Å². The lowest BCUT2D eigenvalue weighted by Crippen LogP contribution is -2.22. The molecule has 0 bridgehead atoms. The third-order valence-corrected chi connectivity index (χ3v) is 0.283. The maximum absolute atomic E-state index is 9.35. The van der Waals surface area contributed by atoms with Crippen molar-refractivity contribution in [2.24, 2.45) is 5.73 Å². The maximum atomic E-state index is 9.35. The minimum Gasteiger partial charge on any atom is -0.315 e. The molecule has 0 aliphatic heterocycles. The first kappa shape index (κ1) is 5.30. The van der Waals surface area contributed by atoms with E-state index in [1.807, 2.05) is 0 Å². The van der Waals surface area contributed by atoms with E-state index in [2.05, 4.69) is 5.73 Å². The van der Waals surface area contributed by atoms with E-state index in [-0.39, 0.29) is 0 Å². The quantitative estimate of drug-likeness (QED) is 0.333. The van der Waals surface area contributed by atoms with Crippen molar-refractivity contribution < 1.29 is 9.59 Å². The van der Waals surface area contributed by atoms with E-state index in [4.69, 9.17) is 0 Å². The molecular formula is C3H4NO2. The Bertz CT molecular complexity index is 53.8. The summed E-state index contributed by atoms with van der Waals surface area (Å²) < 4.78 is 0. The van der Waals surface area contributed by atoms with Gasteiger partial charge in [0.15, 0.2) is 0 Å². The normalized spacial score (nSPS) is 8.33. The first-order valence-electron chi connectivity index (χ1n) is 1.40. The summed E-state index contributed by atoms with van der Waals surface area (Å²) in [7, 11) is 0. The standard InChI is InChI=1S/C3H4NO2/c4-3(1-5)2-6/h1,3H,4H2. The summed E-state index contributed by atoms with van der Waals surface area (Å²) in [6.07, 6.45) is 1.60. The van der Waals surface area contributed by atoms with Crippen LogP contribution in [0.5, 0.6) is 0 Å².